The first-order valence-electron chi connectivity index (χ1n) is 5.17. The van der Waals surface area contributed by atoms with E-state index in [4.69, 9.17) is 10.2 Å². The molecule has 0 bridgehead atoms. The van der Waals surface area contributed by atoms with Crippen molar-refractivity contribution in [1.82, 2.24) is 4.98 Å². The van der Waals surface area contributed by atoms with E-state index in [1.807, 2.05) is 23.9 Å². The zero-order chi connectivity index (χ0) is 11.1. The van der Waals surface area contributed by atoms with Gasteiger partial charge in [0, 0.05) is 16.1 Å². The van der Waals surface area contributed by atoms with Gasteiger partial charge in [0.15, 0.2) is 11.5 Å². The van der Waals surface area contributed by atoms with E-state index in [1.54, 1.807) is 0 Å². The van der Waals surface area contributed by atoms with Crippen molar-refractivity contribution in [2.24, 2.45) is 0 Å². The number of fused-ring (bicyclic) bond motifs is 1. The Hall–Kier alpha value is -0.680. The molecule has 2 heterocycles. The van der Waals surface area contributed by atoms with E-state index in [0.717, 1.165) is 33.6 Å². The van der Waals surface area contributed by atoms with Gasteiger partial charge in [-0.25, -0.2) is 4.98 Å². The molecule has 0 saturated carbocycles. The molecule has 1 saturated heterocycles. The molecule has 3 nitrogen and oxygen atoms in total. The van der Waals surface area contributed by atoms with E-state index in [2.05, 4.69) is 20.9 Å². The standard InChI is InChI=1S/C11H11BrN2OS/c12-7-3-8(13)10-9(4-7)14-11(15-10)6-1-2-16-5-6/h3-4,6H,1-2,5,13H2. The molecule has 0 aliphatic carbocycles. The number of hydrogen-bond acceptors (Lipinski definition) is 4. The fourth-order valence-corrected chi connectivity index (χ4v) is 3.62. The molecule has 2 N–H and O–H groups in total. The maximum Gasteiger partial charge on any atom is 0.199 e. The molecular formula is C11H11BrN2OS. The Morgan fingerprint density at radius 1 is 1.50 bits per heavy atom. The SMILES string of the molecule is Nc1cc(Br)cc2nc(C3CCSC3)oc12. The number of nitrogens with two attached hydrogens (primary N) is 1. The average Bonchev–Trinajstić information content (AvgIpc) is 2.82. The molecule has 84 valence electrons. The number of nitrogen functional groups attached to an aromatic ring is 1. The molecule has 16 heavy (non-hydrogen) atoms. The monoisotopic (exact) mass is 298 g/mol. The van der Waals surface area contributed by atoms with Crippen LogP contribution in [0, 0.1) is 0 Å². The van der Waals surface area contributed by atoms with E-state index in [9.17, 15) is 0 Å². The number of nitrogens with zero attached hydrogens (tertiary/aromatic N) is 1. The van der Waals surface area contributed by atoms with Gasteiger partial charge in [-0.2, -0.15) is 11.8 Å². The Morgan fingerprint density at radius 2 is 2.38 bits per heavy atom. The van der Waals surface area contributed by atoms with E-state index < -0.39 is 0 Å². The molecule has 1 aromatic carbocycles. The molecule has 3 rings (SSSR count). The largest absolute Gasteiger partial charge is 0.438 e. The van der Waals surface area contributed by atoms with Crippen molar-refractivity contribution in [3.05, 3.63) is 22.5 Å². The van der Waals surface area contributed by atoms with Gasteiger partial charge in [-0.3, -0.25) is 0 Å². The number of rotatable bonds is 1. The van der Waals surface area contributed by atoms with E-state index in [0.29, 0.717) is 11.6 Å². The lowest BCUT2D eigenvalue weighted by Crippen LogP contribution is -1.95. The normalized spacial score (nSPS) is 20.7. The first-order valence-corrected chi connectivity index (χ1v) is 7.12. The highest BCUT2D eigenvalue weighted by Gasteiger charge is 2.23. The molecule has 1 fully saturated rings. The topological polar surface area (TPSA) is 52.0 Å². The molecule has 0 amide bonds. The molecular weight excluding hydrogens is 288 g/mol. The van der Waals surface area contributed by atoms with Crippen LogP contribution in [0.25, 0.3) is 11.1 Å². The zero-order valence-electron chi connectivity index (χ0n) is 8.57. The van der Waals surface area contributed by atoms with Crippen LogP contribution < -0.4 is 5.73 Å². The second-order valence-electron chi connectivity index (χ2n) is 3.96. The van der Waals surface area contributed by atoms with Gasteiger partial charge in [-0.15, -0.1) is 0 Å². The van der Waals surface area contributed by atoms with Crippen LogP contribution in [-0.4, -0.2) is 16.5 Å². The first kappa shape index (κ1) is 10.5. The van der Waals surface area contributed by atoms with E-state index in [-0.39, 0.29) is 0 Å². The third-order valence-corrected chi connectivity index (χ3v) is 4.40. The molecule has 1 unspecified atom stereocenters. The van der Waals surface area contributed by atoms with Gasteiger partial charge in [-0.05, 0) is 24.3 Å². The molecule has 0 spiro atoms. The third-order valence-electron chi connectivity index (χ3n) is 2.78. The number of anilines is 1. The molecule has 0 radical (unpaired) electrons. The fourth-order valence-electron chi connectivity index (χ4n) is 1.94. The minimum Gasteiger partial charge on any atom is -0.438 e. The van der Waals surface area contributed by atoms with Gasteiger partial charge < -0.3 is 10.2 Å². The molecule has 1 atom stereocenters. The van der Waals surface area contributed by atoms with Crippen LogP contribution in [0.5, 0.6) is 0 Å². The Morgan fingerprint density at radius 3 is 3.12 bits per heavy atom. The van der Waals surface area contributed by atoms with Crippen molar-refractivity contribution >= 4 is 44.5 Å². The van der Waals surface area contributed by atoms with Gasteiger partial charge in [0.05, 0.1) is 5.69 Å². The van der Waals surface area contributed by atoms with Crippen LogP contribution in [-0.2, 0) is 0 Å². The van der Waals surface area contributed by atoms with Crippen LogP contribution in [0.1, 0.15) is 18.2 Å². The van der Waals surface area contributed by atoms with Crippen LogP contribution >= 0.6 is 27.7 Å². The van der Waals surface area contributed by atoms with Crippen molar-refractivity contribution in [1.29, 1.82) is 0 Å². The second kappa shape index (κ2) is 3.96. The number of hydrogen-bond donors (Lipinski definition) is 1. The number of benzene rings is 1. The summed E-state index contributed by atoms with van der Waals surface area (Å²) < 4.78 is 6.71. The zero-order valence-corrected chi connectivity index (χ0v) is 11.0. The molecule has 2 aromatic rings. The van der Waals surface area contributed by atoms with Crippen molar-refractivity contribution in [3.8, 4) is 0 Å². The van der Waals surface area contributed by atoms with Gasteiger partial charge in [0.2, 0.25) is 0 Å². The summed E-state index contributed by atoms with van der Waals surface area (Å²) in [7, 11) is 0. The number of halogens is 1. The summed E-state index contributed by atoms with van der Waals surface area (Å²) in [6.45, 7) is 0. The van der Waals surface area contributed by atoms with Crippen molar-refractivity contribution < 1.29 is 4.42 Å². The lowest BCUT2D eigenvalue weighted by atomic mass is 10.1. The van der Waals surface area contributed by atoms with Crippen LogP contribution in [0.2, 0.25) is 0 Å². The van der Waals surface area contributed by atoms with Gasteiger partial charge in [-0.1, -0.05) is 15.9 Å². The minimum absolute atomic E-state index is 0.454. The Kier molecular flexibility index (Phi) is 2.59. The summed E-state index contributed by atoms with van der Waals surface area (Å²) in [6, 6.07) is 3.79. The second-order valence-corrected chi connectivity index (χ2v) is 6.02. The summed E-state index contributed by atoms with van der Waals surface area (Å²) in [5, 5.41) is 0. The molecule has 1 aromatic heterocycles. The lowest BCUT2D eigenvalue weighted by Gasteiger charge is -1.99. The van der Waals surface area contributed by atoms with Crippen molar-refractivity contribution in [3.63, 3.8) is 0 Å². The summed E-state index contributed by atoms with van der Waals surface area (Å²) in [5.74, 6) is 3.59. The van der Waals surface area contributed by atoms with Crippen LogP contribution in [0.3, 0.4) is 0 Å². The first-order chi connectivity index (χ1) is 7.74. The molecule has 1 aliphatic heterocycles. The van der Waals surface area contributed by atoms with E-state index in [1.165, 1.54) is 5.75 Å². The average molecular weight is 299 g/mol. The van der Waals surface area contributed by atoms with Crippen LogP contribution in [0.4, 0.5) is 5.69 Å². The Bertz CT molecular complexity index is 534. The summed E-state index contributed by atoms with van der Waals surface area (Å²) in [6.07, 6.45) is 1.15. The predicted molar refractivity (Wildman–Crippen MR) is 70.8 cm³/mol. The Labute approximate surface area is 106 Å². The van der Waals surface area contributed by atoms with Gasteiger partial charge >= 0.3 is 0 Å². The fraction of sp³-hybridized carbons (Fsp3) is 0.364. The van der Waals surface area contributed by atoms with Gasteiger partial charge in [0.25, 0.3) is 0 Å². The Balaban J connectivity index is 2.11. The smallest absolute Gasteiger partial charge is 0.199 e. The maximum atomic E-state index is 5.90. The third kappa shape index (κ3) is 1.72. The van der Waals surface area contributed by atoms with Crippen LogP contribution in [0.15, 0.2) is 21.0 Å². The predicted octanol–water partition coefficient (Wildman–Crippen LogP) is 3.39. The van der Waals surface area contributed by atoms with Gasteiger partial charge in [0.1, 0.15) is 5.52 Å². The minimum atomic E-state index is 0.454. The molecule has 1 aliphatic rings. The number of thioether (sulfide) groups is 1. The maximum absolute atomic E-state index is 5.90. The van der Waals surface area contributed by atoms with Crippen molar-refractivity contribution in [2.45, 2.75) is 12.3 Å². The highest BCUT2D eigenvalue weighted by atomic mass is 79.9. The summed E-state index contributed by atoms with van der Waals surface area (Å²) in [4.78, 5) is 4.53. The lowest BCUT2D eigenvalue weighted by molar-refractivity contribution is 0.490. The molecule has 5 heteroatoms. The number of oxazole rings is 1. The highest BCUT2D eigenvalue weighted by Crippen LogP contribution is 2.35. The summed E-state index contributed by atoms with van der Waals surface area (Å²) >= 11 is 5.36. The quantitative estimate of drug-likeness (QED) is 0.820. The summed E-state index contributed by atoms with van der Waals surface area (Å²) in [5.41, 5.74) is 8.11. The van der Waals surface area contributed by atoms with E-state index >= 15 is 0 Å². The van der Waals surface area contributed by atoms with Crippen molar-refractivity contribution in [2.75, 3.05) is 17.2 Å². The highest BCUT2D eigenvalue weighted by molar-refractivity contribution is 9.10. The number of aromatic nitrogens is 1.